The van der Waals surface area contributed by atoms with E-state index in [1.165, 1.54) is 25.3 Å². The molecule has 1 heterocycles. The highest BCUT2D eigenvalue weighted by atomic mass is 79.9. The summed E-state index contributed by atoms with van der Waals surface area (Å²) in [5.41, 5.74) is 2.18. The first-order valence-electron chi connectivity index (χ1n) is 10.0. The molecule has 0 aliphatic carbocycles. The van der Waals surface area contributed by atoms with Crippen molar-refractivity contribution >= 4 is 61.5 Å². The lowest BCUT2D eigenvalue weighted by molar-refractivity contribution is -0.122. The van der Waals surface area contributed by atoms with Gasteiger partial charge in [0.05, 0.1) is 12.8 Å². The lowest BCUT2D eigenvalue weighted by Gasteiger charge is -2.26. The first-order chi connectivity index (χ1) is 16.3. The fraction of sp³-hybridized carbons (Fsp3) is 0.0800. The van der Waals surface area contributed by atoms with E-state index < -0.39 is 17.8 Å². The van der Waals surface area contributed by atoms with Crippen molar-refractivity contribution in [1.29, 1.82) is 0 Å². The predicted molar refractivity (Wildman–Crippen MR) is 133 cm³/mol. The highest BCUT2D eigenvalue weighted by Crippen LogP contribution is 2.33. The lowest BCUT2D eigenvalue weighted by atomic mass is 10.0. The molecule has 1 N–H and O–H groups in total. The smallest absolute Gasteiger partial charge is 0.335 e. The van der Waals surface area contributed by atoms with Gasteiger partial charge in [0, 0.05) is 20.9 Å². The molecule has 4 amide bonds. The molecule has 3 aromatic rings. The summed E-state index contributed by atoms with van der Waals surface area (Å²) in [5, 5.41) is 2.20. The van der Waals surface area contributed by atoms with E-state index in [1.807, 2.05) is 6.07 Å². The van der Waals surface area contributed by atoms with Gasteiger partial charge < -0.3 is 4.74 Å². The number of carbonyl (C=O) groups excluding carboxylic acids is 3. The molecule has 1 aliphatic heterocycles. The topological polar surface area (TPSA) is 75.7 Å². The van der Waals surface area contributed by atoms with E-state index in [4.69, 9.17) is 4.74 Å². The number of urea groups is 1. The van der Waals surface area contributed by atoms with E-state index in [-0.39, 0.29) is 11.4 Å². The first kappa shape index (κ1) is 23.8. The number of hydrogen-bond acceptors (Lipinski definition) is 4. The van der Waals surface area contributed by atoms with Crippen LogP contribution in [0.25, 0.3) is 6.08 Å². The highest BCUT2D eigenvalue weighted by Gasteiger charge is 2.36. The minimum atomic E-state index is -0.821. The number of benzene rings is 3. The van der Waals surface area contributed by atoms with Crippen molar-refractivity contribution in [3.63, 3.8) is 0 Å². The van der Waals surface area contributed by atoms with Gasteiger partial charge in [0.25, 0.3) is 11.8 Å². The summed E-state index contributed by atoms with van der Waals surface area (Å²) in [6, 6.07) is 15.4. The van der Waals surface area contributed by atoms with Gasteiger partial charge in [-0.3, -0.25) is 14.9 Å². The Bertz CT molecular complexity index is 1340. The zero-order chi connectivity index (χ0) is 24.4. The molecule has 0 radical (unpaired) electrons. The number of ether oxygens (including phenoxy) is 1. The molecule has 1 aliphatic rings. The van der Waals surface area contributed by atoms with Gasteiger partial charge in [-0.1, -0.05) is 44.0 Å². The molecule has 0 aromatic heterocycles. The minimum Gasteiger partial charge on any atom is -0.496 e. The largest absolute Gasteiger partial charge is 0.496 e. The van der Waals surface area contributed by atoms with Gasteiger partial charge in [-0.2, -0.15) is 0 Å². The Morgan fingerprint density at radius 1 is 1.03 bits per heavy atom. The minimum absolute atomic E-state index is 0.200. The van der Waals surface area contributed by atoms with Crippen LogP contribution in [0, 0.1) is 5.82 Å². The number of amides is 4. The summed E-state index contributed by atoms with van der Waals surface area (Å²) in [7, 11) is 1.50. The summed E-state index contributed by atoms with van der Waals surface area (Å²) in [5.74, 6) is -1.37. The number of rotatable bonds is 5. The van der Waals surface area contributed by atoms with Crippen molar-refractivity contribution in [3.8, 4) is 5.75 Å². The summed E-state index contributed by atoms with van der Waals surface area (Å²) >= 11 is 6.83. The van der Waals surface area contributed by atoms with E-state index in [9.17, 15) is 18.8 Å². The quantitative estimate of drug-likeness (QED) is 0.311. The molecule has 9 heteroatoms. The molecule has 0 saturated carbocycles. The van der Waals surface area contributed by atoms with Gasteiger partial charge in [-0.25, -0.2) is 14.1 Å². The van der Waals surface area contributed by atoms with Gasteiger partial charge in [-0.15, -0.1) is 0 Å². The third kappa shape index (κ3) is 4.95. The zero-order valence-electron chi connectivity index (χ0n) is 17.8. The number of hydrogen-bond donors (Lipinski definition) is 1. The molecular weight excluding hydrogens is 571 g/mol. The number of nitrogens with one attached hydrogen (secondary N) is 1. The van der Waals surface area contributed by atoms with E-state index in [0.29, 0.717) is 27.9 Å². The van der Waals surface area contributed by atoms with Crippen molar-refractivity contribution < 1.29 is 23.5 Å². The number of imide groups is 2. The fourth-order valence-electron chi connectivity index (χ4n) is 3.57. The van der Waals surface area contributed by atoms with Crippen LogP contribution >= 0.6 is 31.9 Å². The Kier molecular flexibility index (Phi) is 6.95. The molecule has 4 rings (SSSR count). The van der Waals surface area contributed by atoms with Gasteiger partial charge in [-0.05, 0) is 65.7 Å². The van der Waals surface area contributed by atoms with Gasteiger partial charge in [0.1, 0.15) is 17.1 Å². The maximum Gasteiger partial charge on any atom is 0.335 e. The number of carbonyl (C=O) groups is 3. The number of halogens is 3. The molecule has 0 unspecified atom stereocenters. The molecule has 1 fully saturated rings. The standard InChI is InChI=1S/C25H17Br2FN2O4/c1-34-22-13-15(12-21(27)19(22)10-14-3-2-4-17(28)9-14)11-20-23(31)29-25(33)30(24(20)32)18-7-5-16(26)6-8-18/h2-9,11-13H,10H2,1H3,(H,29,31,33)/b20-11+. The summed E-state index contributed by atoms with van der Waals surface area (Å²) < 4.78 is 20.6. The SMILES string of the molecule is COc1cc(/C=C2\C(=O)NC(=O)N(c3ccc(Br)cc3)C2=O)cc(Br)c1Cc1cccc(F)c1. The van der Waals surface area contributed by atoms with Crippen LogP contribution in [0.1, 0.15) is 16.7 Å². The molecule has 6 nitrogen and oxygen atoms in total. The molecule has 172 valence electrons. The van der Waals surface area contributed by atoms with E-state index in [2.05, 4.69) is 37.2 Å². The zero-order valence-corrected chi connectivity index (χ0v) is 20.9. The van der Waals surface area contributed by atoms with Gasteiger partial charge in [0.15, 0.2) is 0 Å². The van der Waals surface area contributed by atoms with Gasteiger partial charge in [0.2, 0.25) is 0 Å². The summed E-state index contributed by atoms with van der Waals surface area (Å²) in [6.07, 6.45) is 1.80. The Morgan fingerprint density at radius 2 is 1.76 bits per heavy atom. The number of methoxy groups -OCH3 is 1. The van der Waals surface area contributed by atoms with Crippen LogP contribution in [-0.4, -0.2) is 25.0 Å². The number of nitrogens with zero attached hydrogens (tertiary/aromatic N) is 1. The van der Waals surface area contributed by atoms with Crippen molar-refractivity contribution in [2.45, 2.75) is 6.42 Å². The Balaban J connectivity index is 1.70. The van der Waals surface area contributed by atoms with Crippen LogP contribution in [0.2, 0.25) is 0 Å². The fourth-order valence-corrected chi connectivity index (χ4v) is 4.43. The first-order valence-corrected chi connectivity index (χ1v) is 11.6. The lowest BCUT2D eigenvalue weighted by Crippen LogP contribution is -2.54. The highest BCUT2D eigenvalue weighted by molar-refractivity contribution is 9.10. The van der Waals surface area contributed by atoms with E-state index in [1.54, 1.807) is 42.5 Å². The Hall–Kier alpha value is -3.30. The average Bonchev–Trinajstić information content (AvgIpc) is 2.79. The second-order valence-corrected chi connectivity index (χ2v) is 9.19. The Labute approximate surface area is 211 Å². The third-order valence-corrected chi connectivity index (χ3v) is 6.40. The molecule has 0 bridgehead atoms. The monoisotopic (exact) mass is 586 g/mol. The normalized spacial score (nSPS) is 15.0. The second-order valence-electron chi connectivity index (χ2n) is 7.42. The van der Waals surface area contributed by atoms with Crippen LogP contribution in [0.3, 0.4) is 0 Å². The maximum absolute atomic E-state index is 13.6. The van der Waals surface area contributed by atoms with Crippen LogP contribution < -0.4 is 15.0 Å². The maximum atomic E-state index is 13.6. The van der Waals surface area contributed by atoms with Crippen molar-refractivity contribution in [3.05, 3.63) is 97.7 Å². The second kappa shape index (κ2) is 9.90. The molecule has 34 heavy (non-hydrogen) atoms. The molecule has 3 aromatic carbocycles. The van der Waals surface area contributed by atoms with Crippen LogP contribution in [0.5, 0.6) is 5.75 Å². The van der Waals surface area contributed by atoms with E-state index in [0.717, 1.165) is 20.5 Å². The number of anilines is 1. The average molecular weight is 588 g/mol. The Morgan fingerprint density at radius 3 is 2.44 bits per heavy atom. The summed E-state index contributed by atoms with van der Waals surface area (Å²) in [6.45, 7) is 0. The molecule has 0 atom stereocenters. The molecular formula is C25H17Br2FN2O4. The summed E-state index contributed by atoms with van der Waals surface area (Å²) in [4.78, 5) is 38.9. The van der Waals surface area contributed by atoms with Crippen molar-refractivity contribution in [1.82, 2.24) is 5.32 Å². The van der Waals surface area contributed by atoms with E-state index >= 15 is 0 Å². The number of barbiturate groups is 1. The third-order valence-electron chi connectivity index (χ3n) is 5.16. The van der Waals surface area contributed by atoms with Crippen LogP contribution in [0.4, 0.5) is 14.9 Å². The predicted octanol–water partition coefficient (Wildman–Crippen LogP) is 5.62. The van der Waals surface area contributed by atoms with Crippen LogP contribution in [0.15, 0.2) is 75.2 Å². The van der Waals surface area contributed by atoms with Crippen LogP contribution in [-0.2, 0) is 16.0 Å². The van der Waals surface area contributed by atoms with Gasteiger partial charge >= 0.3 is 6.03 Å². The van der Waals surface area contributed by atoms with Crippen molar-refractivity contribution in [2.75, 3.05) is 12.0 Å². The van der Waals surface area contributed by atoms with Crippen molar-refractivity contribution in [2.24, 2.45) is 0 Å². The molecule has 1 saturated heterocycles. The molecule has 0 spiro atoms.